The lowest BCUT2D eigenvalue weighted by Crippen LogP contribution is -2.60. The van der Waals surface area contributed by atoms with Gasteiger partial charge in [0.05, 0.1) is 0 Å². The van der Waals surface area contributed by atoms with E-state index in [0.29, 0.717) is 23.6 Å². The van der Waals surface area contributed by atoms with E-state index >= 15 is 0 Å². The van der Waals surface area contributed by atoms with E-state index in [1.54, 1.807) is 6.07 Å². The van der Waals surface area contributed by atoms with Crippen LogP contribution < -0.4 is 15.8 Å². The summed E-state index contributed by atoms with van der Waals surface area (Å²) in [5.74, 6) is 0.177. The van der Waals surface area contributed by atoms with Gasteiger partial charge >= 0.3 is 12.1 Å². The fourth-order valence-electron chi connectivity index (χ4n) is 5.43. The molecule has 0 spiro atoms. The summed E-state index contributed by atoms with van der Waals surface area (Å²) in [4.78, 5) is 20.3. The minimum Gasteiger partial charge on any atom is -0.492 e. The summed E-state index contributed by atoms with van der Waals surface area (Å²) in [6.07, 6.45) is -2.37. The van der Waals surface area contributed by atoms with Gasteiger partial charge in [-0.25, -0.2) is 4.79 Å². The number of primary amides is 1. The van der Waals surface area contributed by atoms with Crippen molar-refractivity contribution in [1.82, 2.24) is 5.32 Å². The third-order valence-corrected chi connectivity index (χ3v) is 7.71. The summed E-state index contributed by atoms with van der Waals surface area (Å²) in [5, 5.41) is 10.9. The fourth-order valence-corrected chi connectivity index (χ4v) is 5.43. The molecule has 3 saturated carbocycles. The molecule has 3 aliphatic rings. The van der Waals surface area contributed by atoms with Gasteiger partial charge in [-0.05, 0) is 71.4 Å². The van der Waals surface area contributed by atoms with Gasteiger partial charge < -0.3 is 20.9 Å². The second-order valence-corrected chi connectivity index (χ2v) is 10.1. The van der Waals surface area contributed by atoms with Gasteiger partial charge in [-0.3, -0.25) is 4.79 Å². The van der Waals surface area contributed by atoms with E-state index in [0.717, 1.165) is 41.2 Å². The van der Waals surface area contributed by atoms with Crippen molar-refractivity contribution < 1.29 is 32.6 Å². The number of carboxylic acid groups (broad SMARTS) is 1. The number of amides is 1. The van der Waals surface area contributed by atoms with Crippen LogP contribution in [0.2, 0.25) is 0 Å². The molecular formula is C27H33F3N2O4. The highest BCUT2D eigenvalue weighted by Crippen LogP contribution is 2.61. The molecule has 3 fully saturated rings. The Balaban J connectivity index is 0.000000454. The normalized spacial score (nSPS) is 24.1. The summed E-state index contributed by atoms with van der Waals surface area (Å²) >= 11 is 0. The molecule has 0 saturated heterocycles. The van der Waals surface area contributed by atoms with Crippen molar-refractivity contribution in [2.75, 3.05) is 13.2 Å². The van der Waals surface area contributed by atoms with Crippen molar-refractivity contribution in [3.05, 3.63) is 54.1 Å². The van der Waals surface area contributed by atoms with Crippen LogP contribution in [0.4, 0.5) is 13.2 Å². The van der Waals surface area contributed by atoms with Crippen molar-refractivity contribution in [2.24, 2.45) is 28.9 Å². The highest BCUT2D eigenvalue weighted by Gasteiger charge is 2.55. The summed E-state index contributed by atoms with van der Waals surface area (Å²) in [7, 11) is 0. The Bertz CT molecular complexity index is 1070. The molecule has 1 amide bonds. The van der Waals surface area contributed by atoms with Gasteiger partial charge in [0.25, 0.3) is 0 Å². The molecule has 0 radical (unpaired) electrons. The number of hydrogen-bond donors (Lipinski definition) is 3. The number of ether oxygens (including phenoxy) is 1. The van der Waals surface area contributed by atoms with E-state index in [4.69, 9.17) is 20.4 Å². The number of hydrogen-bond acceptors (Lipinski definition) is 4. The van der Waals surface area contributed by atoms with Crippen LogP contribution in [0.5, 0.6) is 5.75 Å². The molecule has 4 N–H and O–H groups in total. The maximum Gasteiger partial charge on any atom is 0.490 e. The Morgan fingerprint density at radius 1 is 1.11 bits per heavy atom. The minimum atomic E-state index is -5.08. The molecule has 5 rings (SSSR count). The van der Waals surface area contributed by atoms with Crippen LogP contribution in [0, 0.1) is 23.2 Å². The van der Waals surface area contributed by atoms with Crippen LogP contribution >= 0.6 is 0 Å². The van der Waals surface area contributed by atoms with Crippen LogP contribution in [0.15, 0.2) is 48.5 Å². The zero-order valence-electron chi connectivity index (χ0n) is 20.6. The molecular weight excluding hydrogens is 473 g/mol. The molecule has 4 atom stereocenters. The second kappa shape index (κ2) is 10.9. The molecule has 6 nitrogen and oxygen atoms in total. The molecule has 0 aromatic heterocycles. The summed E-state index contributed by atoms with van der Waals surface area (Å²) in [6, 6.07) is 16.0. The number of rotatable bonds is 7. The minimum absolute atomic E-state index is 0.410. The number of carboxylic acids is 1. The quantitative estimate of drug-likeness (QED) is 0.452. The number of nitrogens with one attached hydrogen (secondary N) is 1. The molecule has 196 valence electrons. The van der Waals surface area contributed by atoms with Crippen LogP contribution in [0.25, 0.3) is 11.1 Å². The first-order chi connectivity index (χ1) is 16.8. The molecule has 2 aromatic carbocycles. The maximum atomic E-state index is 11.4. The van der Waals surface area contributed by atoms with Crippen molar-refractivity contribution in [3.63, 3.8) is 0 Å². The number of aliphatic carboxylic acids is 1. The van der Waals surface area contributed by atoms with Crippen LogP contribution in [0.1, 0.15) is 44.0 Å². The third-order valence-electron chi connectivity index (χ3n) is 7.71. The Hall–Kier alpha value is -3.07. The van der Waals surface area contributed by atoms with E-state index in [2.05, 4.69) is 26.1 Å². The van der Waals surface area contributed by atoms with Gasteiger partial charge in [0.15, 0.2) is 0 Å². The lowest BCUT2D eigenvalue weighted by Gasteiger charge is -2.62. The largest absolute Gasteiger partial charge is 0.492 e. The summed E-state index contributed by atoms with van der Waals surface area (Å²) < 4.78 is 37.7. The number of alkyl halides is 3. The lowest BCUT2D eigenvalue weighted by molar-refractivity contribution is -0.192. The average molecular weight is 507 g/mol. The smallest absolute Gasteiger partial charge is 0.490 e. The van der Waals surface area contributed by atoms with E-state index in [9.17, 15) is 18.0 Å². The van der Waals surface area contributed by atoms with Crippen molar-refractivity contribution in [2.45, 2.75) is 45.8 Å². The topological polar surface area (TPSA) is 102 Å². The summed E-state index contributed by atoms with van der Waals surface area (Å²) in [5.41, 5.74) is 8.44. The molecule has 0 heterocycles. The first-order valence-electron chi connectivity index (χ1n) is 12.0. The zero-order chi connectivity index (χ0) is 26.7. The number of benzene rings is 2. The molecule has 2 aromatic rings. The molecule has 2 bridgehead atoms. The number of fused-ring (bicyclic) bond motifs is 2. The predicted octanol–water partition coefficient (Wildman–Crippen LogP) is 5.12. The number of carbonyl (C=O) groups is 2. The van der Waals surface area contributed by atoms with Gasteiger partial charge in [-0.15, -0.1) is 0 Å². The van der Waals surface area contributed by atoms with Gasteiger partial charge in [-0.2, -0.15) is 13.2 Å². The number of halogens is 3. The van der Waals surface area contributed by atoms with E-state index in [-0.39, 0.29) is 0 Å². The Kier molecular flexibility index (Phi) is 8.33. The molecule has 36 heavy (non-hydrogen) atoms. The molecule has 0 aliphatic heterocycles. The Morgan fingerprint density at radius 2 is 1.75 bits per heavy atom. The third kappa shape index (κ3) is 6.37. The number of carbonyl (C=O) groups excluding carboxylic acids is 1. The van der Waals surface area contributed by atoms with E-state index in [1.165, 1.54) is 12.8 Å². The van der Waals surface area contributed by atoms with E-state index < -0.39 is 18.1 Å². The Morgan fingerprint density at radius 3 is 2.28 bits per heavy atom. The van der Waals surface area contributed by atoms with Crippen LogP contribution in [-0.2, 0) is 4.79 Å². The first kappa shape index (κ1) is 27.5. The van der Waals surface area contributed by atoms with Gasteiger partial charge in [0.2, 0.25) is 5.91 Å². The van der Waals surface area contributed by atoms with Crippen LogP contribution in [-0.4, -0.2) is 42.4 Å². The molecule has 3 aliphatic carbocycles. The highest BCUT2D eigenvalue weighted by molar-refractivity contribution is 5.94. The fraction of sp³-hybridized carbons (Fsp3) is 0.481. The monoisotopic (exact) mass is 506 g/mol. The van der Waals surface area contributed by atoms with Crippen molar-refractivity contribution in [3.8, 4) is 16.9 Å². The predicted molar refractivity (Wildman–Crippen MR) is 131 cm³/mol. The first-order valence-corrected chi connectivity index (χ1v) is 12.0. The summed E-state index contributed by atoms with van der Waals surface area (Å²) in [6.45, 7) is 8.83. The Labute approximate surface area is 209 Å². The maximum absolute atomic E-state index is 11.4. The van der Waals surface area contributed by atoms with Crippen molar-refractivity contribution in [1.29, 1.82) is 0 Å². The number of nitrogens with two attached hydrogens (primary N) is 1. The average Bonchev–Trinajstić information content (AvgIpc) is 2.82. The van der Waals surface area contributed by atoms with Crippen molar-refractivity contribution >= 4 is 11.9 Å². The van der Waals surface area contributed by atoms with Gasteiger partial charge in [-0.1, -0.05) is 45.0 Å². The van der Waals surface area contributed by atoms with Gasteiger partial charge in [0, 0.05) is 18.2 Å². The van der Waals surface area contributed by atoms with Gasteiger partial charge in [0.1, 0.15) is 12.4 Å². The lowest BCUT2D eigenvalue weighted by atomic mass is 9.45. The molecule has 3 unspecified atom stereocenters. The van der Waals surface area contributed by atoms with Crippen LogP contribution in [0.3, 0.4) is 0 Å². The van der Waals surface area contributed by atoms with E-state index in [1.807, 2.05) is 42.5 Å². The standard InChI is InChI=1S/C25H32N2O2.C2HF3O2/c1-16-22-14-20(25(22,2)3)15-23(16)27-11-12-29-21-9-7-17(8-10-21)18-5-4-6-19(13-18)24(26)28;3-2(4,5)1(6)7/h4-10,13,16,20,22-23,27H,11-12,14-15H2,1-3H3,(H2,26,28);(H,6,7)/t16-,20?,22?,23?;/m0./s1. The zero-order valence-corrected chi connectivity index (χ0v) is 20.6. The molecule has 9 heteroatoms. The highest BCUT2D eigenvalue weighted by atomic mass is 19.4. The SMILES string of the molecule is C[C@@H]1C(NCCOc2ccc(-c3cccc(C(N)=O)c3)cc2)CC2CC1C2(C)C.O=C(O)C(F)(F)F. The second-order valence-electron chi connectivity index (χ2n) is 10.1.